The number of hydrogen-bond acceptors (Lipinski definition) is 6. The molecule has 3 aliphatic rings. The van der Waals surface area contributed by atoms with E-state index in [9.17, 15) is 14.4 Å². The molecule has 0 saturated heterocycles. The summed E-state index contributed by atoms with van der Waals surface area (Å²) in [5.41, 5.74) is 1.40. The molecule has 3 aromatic rings. The van der Waals surface area contributed by atoms with Crippen molar-refractivity contribution in [1.82, 2.24) is 0 Å². The summed E-state index contributed by atoms with van der Waals surface area (Å²) in [6.45, 7) is 5.35. The van der Waals surface area contributed by atoms with E-state index in [0.29, 0.717) is 40.6 Å². The zero-order valence-corrected chi connectivity index (χ0v) is 22.4. The summed E-state index contributed by atoms with van der Waals surface area (Å²) in [4.78, 5) is 43.4. The van der Waals surface area contributed by atoms with Gasteiger partial charge in [-0.1, -0.05) is 61.5 Å². The molecule has 0 aromatic heterocycles. The van der Waals surface area contributed by atoms with Crippen molar-refractivity contribution in [2.45, 2.75) is 27.2 Å². The lowest BCUT2D eigenvalue weighted by atomic mass is 9.60. The smallest absolute Gasteiger partial charge is 0.261 e. The SMILES string of the molecule is CCC1=NN(c2ccccc2)C(=O)[C@@H]1[C@@]1([C@@H]2C(=O)N(c3ccccc3)N=C2C)C(=O)N(c2ccccc2)N=C1C. The van der Waals surface area contributed by atoms with Crippen LogP contribution in [0.2, 0.25) is 0 Å². The summed E-state index contributed by atoms with van der Waals surface area (Å²) in [6, 6.07) is 27.2. The van der Waals surface area contributed by atoms with Gasteiger partial charge in [0.1, 0.15) is 17.3 Å². The second-order valence-electron chi connectivity index (χ2n) is 10.0. The van der Waals surface area contributed by atoms with Crippen molar-refractivity contribution in [2.24, 2.45) is 32.6 Å². The summed E-state index contributed by atoms with van der Waals surface area (Å²) >= 11 is 0. The van der Waals surface area contributed by atoms with Crippen LogP contribution in [0.5, 0.6) is 0 Å². The minimum atomic E-state index is -1.65. The van der Waals surface area contributed by atoms with Gasteiger partial charge in [-0.05, 0) is 56.7 Å². The Balaban J connectivity index is 1.53. The minimum absolute atomic E-state index is 0.374. The molecule has 0 fully saturated rings. The molecule has 40 heavy (non-hydrogen) atoms. The van der Waals surface area contributed by atoms with Gasteiger partial charge in [0.25, 0.3) is 17.7 Å². The van der Waals surface area contributed by atoms with Crippen molar-refractivity contribution in [1.29, 1.82) is 0 Å². The molecule has 0 unspecified atom stereocenters. The second kappa shape index (κ2) is 9.68. The second-order valence-corrected chi connectivity index (χ2v) is 10.0. The first-order chi connectivity index (χ1) is 19.4. The number of nitrogens with zero attached hydrogens (tertiary/aromatic N) is 6. The molecule has 3 amide bonds. The van der Waals surface area contributed by atoms with Gasteiger partial charge in [-0.15, -0.1) is 0 Å². The highest BCUT2D eigenvalue weighted by atomic mass is 16.2. The van der Waals surface area contributed by atoms with Gasteiger partial charge in [-0.3, -0.25) is 14.4 Å². The lowest BCUT2D eigenvalue weighted by Gasteiger charge is -2.37. The third-order valence-electron chi connectivity index (χ3n) is 7.82. The quantitative estimate of drug-likeness (QED) is 0.453. The van der Waals surface area contributed by atoms with Gasteiger partial charge >= 0.3 is 0 Å². The van der Waals surface area contributed by atoms with Gasteiger partial charge in [0.2, 0.25) is 0 Å². The molecule has 0 saturated carbocycles. The molecule has 0 radical (unpaired) electrons. The highest BCUT2D eigenvalue weighted by Gasteiger charge is 2.68. The van der Waals surface area contributed by atoms with Crippen LogP contribution < -0.4 is 15.0 Å². The van der Waals surface area contributed by atoms with Crippen LogP contribution in [-0.4, -0.2) is 34.9 Å². The number of hydrazone groups is 3. The van der Waals surface area contributed by atoms with Crippen LogP contribution in [-0.2, 0) is 14.4 Å². The maximum Gasteiger partial charge on any atom is 0.261 e. The molecule has 3 aliphatic heterocycles. The van der Waals surface area contributed by atoms with Crippen LogP contribution in [0.3, 0.4) is 0 Å². The van der Waals surface area contributed by atoms with E-state index in [1.807, 2.05) is 61.5 Å². The van der Waals surface area contributed by atoms with E-state index in [2.05, 4.69) is 5.10 Å². The fourth-order valence-electron chi connectivity index (χ4n) is 6.01. The first-order valence-electron chi connectivity index (χ1n) is 13.2. The Morgan fingerprint density at radius 1 is 0.625 bits per heavy atom. The molecule has 3 atom stereocenters. The highest BCUT2D eigenvalue weighted by molar-refractivity contribution is 6.33. The molecular formula is C31H28N6O3. The van der Waals surface area contributed by atoms with Crippen LogP contribution in [0.25, 0.3) is 0 Å². The van der Waals surface area contributed by atoms with Gasteiger partial charge in [0, 0.05) is 5.71 Å². The summed E-state index contributed by atoms with van der Waals surface area (Å²) in [7, 11) is 0. The third kappa shape index (κ3) is 3.61. The van der Waals surface area contributed by atoms with E-state index in [4.69, 9.17) is 10.2 Å². The van der Waals surface area contributed by atoms with Crippen molar-refractivity contribution < 1.29 is 14.4 Å². The Bertz CT molecular complexity index is 1590. The fourth-order valence-corrected chi connectivity index (χ4v) is 6.01. The van der Waals surface area contributed by atoms with Crippen molar-refractivity contribution in [3.8, 4) is 0 Å². The number of carbonyl (C=O) groups excluding carboxylic acids is 3. The number of anilines is 3. The van der Waals surface area contributed by atoms with Crippen LogP contribution in [0.1, 0.15) is 27.2 Å². The highest BCUT2D eigenvalue weighted by Crippen LogP contribution is 2.51. The monoisotopic (exact) mass is 532 g/mol. The topological polar surface area (TPSA) is 98.0 Å². The first-order valence-corrected chi connectivity index (χ1v) is 13.2. The van der Waals surface area contributed by atoms with Crippen LogP contribution in [0.15, 0.2) is 106 Å². The lowest BCUT2D eigenvalue weighted by Crippen LogP contribution is -2.59. The standard InChI is InChI=1S/C31H28N6O3/c1-4-25-27(29(39)36(34-25)23-16-10-6-11-17-23)31(21(3)33-37(30(31)40)24-18-12-7-13-19-24)26-20(2)32-35(28(26)38)22-14-8-5-9-15-22/h5-19,26-27H,4H2,1-3H3/t26-,27+,31+/m0/s1. The van der Waals surface area contributed by atoms with E-state index in [-0.39, 0.29) is 11.8 Å². The molecule has 9 heteroatoms. The summed E-state index contributed by atoms with van der Waals surface area (Å²) in [6.07, 6.45) is 0.410. The molecule has 9 nitrogen and oxygen atoms in total. The first kappa shape index (κ1) is 25.4. The van der Waals surface area contributed by atoms with E-state index in [1.54, 1.807) is 50.2 Å². The lowest BCUT2D eigenvalue weighted by molar-refractivity contribution is -0.136. The van der Waals surface area contributed by atoms with Crippen molar-refractivity contribution >= 4 is 51.9 Å². The average Bonchev–Trinajstić information content (AvgIpc) is 3.58. The summed E-state index contributed by atoms with van der Waals surface area (Å²) in [5, 5.41) is 18.0. The molecule has 3 heterocycles. The minimum Gasteiger partial charge on any atom is -0.272 e. The van der Waals surface area contributed by atoms with Crippen molar-refractivity contribution in [3.05, 3.63) is 91.0 Å². The van der Waals surface area contributed by atoms with Crippen molar-refractivity contribution in [2.75, 3.05) is 15.0 Å². The average molecular weight is 533 g/mol. The number of amides is 3. The van der Waals surface area contributed by atoms with Gasteiger partial charge in [0.15, 0.2) is 0 Å². The number of para-hydroxylation sites is 3. The van der Waals surface area contributed by atoms with E-state index >= 15 is 0 Å². The Labute approximate surface area is 232 Å². The van der Waals surface area contributed by atoms with Gasteiger partial charge in [-0.2, -0.15) is 20.3 Å². The molecule has 0 spiro atoms. The van der Waals surface area contributed by atoms with E-state index < -0.39 is 23.2 Å². The molecule has 6 rings (SSSR count). The summed E-state index contributed by atoms with van der Waals surface area (Å²) < 4.78 is 0. The fraction of sp³-hybridized carbons (Fsp3) is 0.226. The predicted octanol–water partition coefficient (Wildman–Crippen LogP) is 4.86. The molecule has 200 valence electrons. The normalized spacial score (nSPS) is 24.5. The zero-order valence-electron chi connectivity index (χ0n) is 22.4. The van der Waals surface area contributed by atoms with Gasteiger partial charge in [-0.25, -0.2) is 10.0 Å². The van der Waals surface area contributed by atoms with E-state index in [0.717, 1.165) is 0 Å². The predicted molar refractivity (Wildman–Crippen MR) is 155 cm³/mol. The van der Waals surface area contributed by atoms with Crippen LogP contribution in [0.4, 0.5) is 17.1 Å². The Morgan fingerprint density at radius 3 is 1.57 bits per heavy atom. The molecule has 0 bridgehead atoms. The summed E-state index contributed by atoms with van der Waals surface area (Å²) in [5.74, 6) is -3.31. The van der Waals surface area contributed by atoms with Crippen LogP contribution >= 0.6 is 0 Å². The molecule has 0 aliphatic carbocycles. The number of benzene rings is 3. The van der Waals surface area contributed by atoms with Crippen molar-refractivity contribution in [3.63, 3.8) is 0 Å². The third-order valence-corrected chi connectivity index (χ3v) is 7.82. The number of rotatable bonds is 6. The molecule has 3 aromatic carbocycles. The largest absolute Gasteiger partial charge is 0.272 e. The maximum absolute atomic E-state index is 14.8. The zero-order chi connectivity index (χ0) is 28.0. The Morgan fingerprint density at radius 2 is 1.07 bits per heavy atom. The van der Waals surface area contributed by atoms with E-state index in [1.165, 1.54) is 15.0 Å². The maximum atomic E-state index is 14.8. The molecule has 0 N–H and O–H groups in total. The van der Waals surface area contributed by atoms with Crippen LogP contribution in [0, 0.1) is 17.3 Å². The number of carbonyl (C=O) groups is 3. The number of hydrogen-bond donors (Lipinski definition) is 0. The van der Waals surface area contributed by atoms with Gasteiger partial charge in [0.05, 0.1) is 28.5 Å². The molecular weight excluding hydrogens is 504 g/mol. The van der Waals surface area contributed by atoms with Gasteiger partial charge < -0.3 is 0 Å². The Hall–Kier alpha value is -4.92. The Kier molecular flexibility index (Phi) is 6.14.